The number of anilines is 2. The average Bonchev–Trinajstić information content (AvgIpc) is 3.63. The van der Waals surface area contributed by atoms with Gasteiger partial charge in [0.2, 0.25) is 5.91 Å². The largest absolute Gasteiger partial charge is 0.490 e. The monoisotopic (exact) mass is 817 g/mol. The lowest BCUT2D eigenvalue weighted by atomic mass is 9.93. The Bertz CT molecular complexity index is 2140. The number of likely N-dealkylation sites (tertiary alicyclic amines) is 1. The van der Waals surface area contributed by atoms with Crippen molar-refractivity contribution >= 4 is 64.3 Å². The van der Waals surface area contributed by atoms with Crippen LogP contribution in [0.4, 0.5) is 20.7 Å². The van der Waals surface area contributed by atoms with Crippen LogP contribution in [0.1, 0.15) is 79.9 Å². The van der Waals surface area contributed by atoms with Gasteiger partial charge in [-0.15, -0.1) is 12.4 Å². The number of aromatic nitrogens is 3. The third-order valence-corrected chi connectivity index (χ3v) is 12.1. The molecule has 2 aromatic carbocycles. The van der Waals surface area contributed by atoms with Gasteiger partial charge in [-0.25, -0.2) is 19.2 Å². The molecule has 0 spiro atoms. The van der Waals surface area contributed by atoms with Crippen LogP contribution in [-0.4, -0.2) is 88.7 Å². The molecule has 4 fully saturated rings. The first kappa shape index (κ1) is 40.2. The highest BCUT2D eigenvalue weighted by molar-refractivity contribution is 6.31. The second-order valence-electron chi connectivity index (χ2n) is 15.4. The summed E-state index contributed by atoms with van der Waals surface area (Å²) >= 11 is 6.15. The van der Waals surface area contributed by atoms with Gasteiger partial charge in [-0.2, -0.15) is 5.26 Å². The summed E-state index contributed by atoms with van der Waals surface area (Å²) in [5, 5.41) is 15.7. The Hall–Kier alpha value is -4.97. The van der Waals surface area contributed by atoms with Gasteiger partial charge in [0.05, 0.1) is 40.3 Å². The van der Waals surface area contributed by atoms with Gasteiger partial charge in [0.1, 0.15) is 29.1 Å². The zero-order chi connectivity index (χ0) is 38.8. The van der Waals surface area contributed by atoms with Crippen LogP contribution in [0.15, 0.2) is 55.0 Å². The first-order valence-electron chi connectivity index (χ1n) is 19.6. The number of imide groups is 1. The summed E-state index contributed by atoms with van der Waals surface area (Å²) in [5.41, 5.74) is 1.99. The second kappa shape index (κ2) is 17.7. The minimum Gasteiger partial charge on any atom is -0.490 e. The van der Waals surface area contributed by atoms with Crippen molar-refractivity contribution in [2.24, 2.45) is 5.92 Å². The van der Waals surface area contributed by atoms with Crippen LogP contribution in [0, 0.1) is 23.1 Å². The number of hydrogen-bond donors (Lipinski definition) is 2. The Morgan fingerprint density at radius 3 is 2.42 bits per heavy atom. The quantitative estimate of drug-likeness (QED) is 0.190. The molecule has 2 N–H and O–H groups in total. The van der Waals surface area contributed by atoms with Crippen LogP contribution in [0.5, 0.6) is 5.75 Å². The van der Waals surface area contributed by atoms with Crippen molar-refractivity contribution < 1.29 is 23.5 Å². The average molecular weight is 819 g/mol. The third-order valence-electron chi connectivity index (χ3n) is 11.8. The van der Waals surface area contributed by atoms with Crippen molar-refractivity contribution in [2.45, 2.75) is 76.0 Å². The summed E-state index contributed by atoms with van der Waals surface area (Å²) in [6, 6.07) is 11.8. The second-order valence-corrected chi connectivity index (χ2v) is 15.8. The first-order chi connectivity index (χ1) is 27.2. The van der Waals surface area contributed by atoms with Gasteiger partial charge in [0.25, 0.3) is 5.91 Å². The summed E-state index contributed by atoms with van der Waals surface area (Å²) in [6.07, 6.45) is 12.7. The van der Waals surface area contributed by atoms with Gasteiger partial charge in [-0.3, -0.25) is 19.8 Å². The fourth-order valence-corrected chi connectivity index (χ4v) is 8.89. The number of benzene rings is 2. The van der Waals surface area contributed by atoms with Gasteiger partial charge < -0.3 is 24.4 Å². The molecule has 2 aromatic heterocycles. The van der Waals surface area contributed by atoms with Crippen LogP contribution >= 0.6 is 24.0 Å². The van der Waals surface area contributed by atoms with Gasteiger partial charge >= 0.3 is 6.03 Å². The van der Waals surface area contributed by atoms with Crippen LogP contribution in [0.25, 0.3) is 10.9 Å². The lowest BCUT2D eigenvalue weighted by molar-refractivity contribution is -0.120. The fourth-order valence-electron chi connectivity index (χ4n) is 8.67. The molecule has 1 aliphatic carbocycles. The molecule has 0 atom stereocenters. The number of nitrogens with zero attached hydrogens (tertiary/aromatic N) is 7. The van der Waals surface area contributed by atoms with Crippen LogP contribution in [-0.2, 0) is 4.79 Å². The van der Waals surface area contributed by atoms with E-state index in [0.717, 1.165) is 101 Å². The highest BCUT2D eigenvalue weighted by atomic mass is 35.5. The Labute approximate surface area is 341 Å². The van der Waals surface area contributed by atoms with E-state index in [1.165, 1.54) is 11.0 Å². The lowest BCUT2D eigenvalue weighted by Crippen LogP contribution is -2.49. The molecule has 4 aromatic rings. The molecule has 16 heteroatoms. The predicted molar refractivity (Wildman–Crippen MR) is 217 cm³/mol. The minimum absolute atomic E-state index is 0. The standard InChI is InChI=1S/C41H45ClFN9O4.ClH/c42-34-21-32(4-1-27(34)22-44)56-31-5-2-29(3-6-31)47-40(54)35-23-46-38(24-45-35)50-15-7-26(8-16-50)25-49-13-9-30(10-14-49)51-17-11-33-36(51)19-28(43)20-37(33)52-18-12-39(53)48-41(52)55;/h1,4,11,17,19-21,23-24,26,29-31H,2-3,5-10,12-16,18,25H2,(H,47,54)(H,48,53,55);1H/t29-,31-;. The maximum Gasteiger partial charge on any atom is 0.328 e. The minimum atomic E-state index is -0.516. The van der Waals surface area contributed by atoms with Crippen molar-refractivity contribution in [3.63, 3.8) is 0 Å². The topological polar surface area (TPSA) is 149 Å². The molecule has 3 saturated heterocycles. The number of piperidine rings is 2. The number of hydrogen-bond acceptors (Lipinski definition) is 9. The number of halogens is 3. The van der Waals surface area contributed by atoms with E-state index in [1.807, 2.05) is 12.3 Å². The first-order valence-corrected chi connectivity index (χ1v) is 20.0. The van der Waals surface area contributed by atoms with E-state index in [-0.39, 0.29) is 55.4 Å². The molecular weight excluding hydrogens is 772 g/mol. The molecule has 0 radical (unpaired) electrons. The maximum absolute atomic E-state index is 14.9. The van der Waals surface area contributed by atoms with Gasteiger partial charge in [0.15, 0.2) is 0 Å². The highest BCUT2D eigenvalue weighted by Gasteiger charge is 2.30. The van der Waals surface area contributed by atoms with Gasteiger partial charge in [-0.1, -0.05) is 11.6 Å². The zero-order valence-corrected chi connectivity index (χ0v) is 33.1. The van der Waals surface area contributed by atoms with E-state index in [1.54, 1.807) is 36.7 Å². The number of carbonyl (C=O) groups is 3. The molecule has 0 unspecified atom stereocenters. The Balaban J connectivity index is 0.00000496. The fraction of sp³-hybridized carbons (Fsp3) is 0.463. The van der Waals surface area contributed by atoms with Crippen molar-refractivity contribution in [2.75, 3.05) is 49.1 Å². The summed E-state index contributed by atoms with van der Waals surface area (Å²) < 4.78 is 23.1. The van der Waals surface area contributed by atoms with E-state index in [9.17, 15) is 18.8 Å². The molecule has 5 heterocycles. The van der Waals surface area contributed by atoms with Gasteiger partial charge in [-0.05, 0) is 87.6 Å². The Morgan fingerprint density at radius 1 is 0.965 bits per heavy atom. The number of nitriles is 1. The molecule has 1 saturated carbocycles. The molecule has 13 nitrogen and oxygen atoms in total. The number of nitrogens with one attached hydrogen (secondary N) is 2. The van der Waals surface area contributed by atoms with E-state index < -0.39 is 11.8 Å². The van der Waals surface area contributed by atoms with Crippen molar-refractivity contribution in [3.8, 4) is 11.8 Å². The summed E-state index contributed by atoms with van der Waals surface area (Å²) in [5.74, 6) is 1.07. The number of rotatable bonds is 9. The Morgan fingerprint density at radius 2 is 1.74 bits per heavy atom. The zero-order valence-electron chi connectivity index (χ0n) is 31.5. The predicted octanol–water partition coefficient (Wildman–Crippen LogP) is 6.64. The third kappa shape index (κ3) is 9.11. The summed E-state index contributed by atoms with van der Waals surface area (Å²) in [6.45, 7) is 4.95. The van der Waals surface area contributed by atoms with Gasteiger partial charge in [0, 0.05) is 75.4 Å². The Kier molecular flexibility index (Phi) is 12.5. The summed E-state index contributed by atoms with van der Waals surface area (Å²) in [7, 11) is 0. The van der Waals surface area contributed by atoms with Crippen molar-refractivity contribution in [3.05, 3.63) is 77.1 Å². The smallest absolute Gasteiger partial charge is 0.328 e. The number of ether oxygens (including phenoxy) is 1. The molecule has 4 amide bonds. The molecule has 0 bridgehead atoms. The SMILES string of the molecule is Cl.N#Cc1ccc(O[C@H]2CC[C@H](NC(=O)c3cnc(N4CCC(CN5CCC(n6ccc7c(N8CCC(=O)NC8=O)cc(F)cc76)CC5)CC4)cn3)CC2)cc1Cl. The van der Waals surface area contributed by atoms with Crippen LogP contribution < -0.4 is 25.2 Å². The number of amides is 4. The molecular formula is C41H46Cl2FN9O4. The highest BCUT2D eigenvalue weighted by Crippen LogP contribution is 2.35. The van der Waals surface area contributed by atoms with E-state index in [4.69, 9.17) is 21.6 Å². The van der Waals surface area contributed by atoms with Crippen molar-refractivity contribution in [1.82, 2.24) is 30.1 Å². The van der Waals surface area contributed by atoms with Crippen LogP contribution in [0.3, 0.4) is 0 Å². The van der Waals surface area contributed by atoms with E-state index >= 15 is 0 Å². The van der Waals surface area contributed by atoms with E-state index in [2.05, 4.69) is 41.0 Å². The number of urea groups is 1. The number of carbonyl (C=O) groups excluding carboxylic acids is 3. The van der Waals surface area contributed by atoms with E-state index in [0.29, 0.717) is 33.6 Å². The maximum atomic E-state index is 14.9. The summed E-state index contributed by atoms with van der Waals surface area (Å²) in [4.78, 5) is 52.6. The van der Waals surface area contributed by atoms with Crippen LogP contribution in [0.2, 0.25) is 5.02 Å². The normalized spacial score (nSPS) is 21.1. The molecule has 3 aliphatic heterocycles. The lowest BCUT2D eigenvalue weighted by Gasteiger charge is -2.38. The number of fused-ring (bicyclic) bond motifs is 1. The van der Waals surface area contributed by atoms with Crippen molar-refractivity contribution in [1.29, 1.82) is 5.26 Å². The molecule has 4 aliphatic rings. The molecule has 8 rings (SSSR count). The molecule has 300 valence electrons. The molecule has 57 heavy (non-hydrogen) atoms.